The van der Waals surface area contributed by atoms with Crippen molar-refractivity contribution in [2.24, 2.45) is 0 Å². The summed E-state index contributed by atoms with van der Waals surface area (Å²) in [5.41, 5.74) is 0.922. The number of rotatable bonds is 4. The minimum atomic E-state index is -1.06. The number of carboxylic acids is 1. The summed E-state index contributed by atoms with van der Waals surface area (Å²) in [5, 5.41) is 14.1. The molecule has 112 valence electrons. The van der Waals surface area contributed by atoms with Gasteiger partial charge in [0.2, 0.25) is 5.91 Å². The van der Waals surface area contributed by atoms with E-state index in [2.05, 4.69) is 10.3 Å². The minimum Gasteiger partial charge on any atom is -0.477 e. The Morgan fingerprint density at radius 2 is 2.14 bits per heavy atom. The van der Waals surface area contributed by atoms with Crippen LogP contribution in [-0.2, 0) is 16.8 Å². The minimum absolute atomic E-state index is 0.0565. The molecule has 7 heteroatoms. The van der Waals surface area contributed by atoms with Crippen molar-refractivity contribution in [3.05, 3.63) is 35.1 Å². The van der Waals surface area contributed by atoms with Crippen molar-refractivity contribution in [1.82, 2.24) is 9.55 Å². The van der Waals surface area contributed by atoms with Gasteiger partial charge in [0.25, 0.3) is 0 Å². The fourth-order valence-electron chi connectivity index (χ4n) is 1.74. The molecule has 0 unspecified atom stereocenters. The van der Waals surface area contributed by atoms with Crippen molar-refractivity contribution in [3.8, 4) is 0 Å². The predicted molar refractivity (Wildman–Crippen MR) is 80.8 cm³/mol. The number of anilines is 1. The van der Waals surface area contributed by atoms with E-state index in [0.717, 1.165) is 5.69 Å². The number of hydrogen-bond acceptors (Lipinski definition) is 4. The van der Waals surface area contributed by atoms with Crippen molar-refractivity contribution in [2.45, 2.75) is 32.7 Å². The van der Waals surface area contributed by atoms with Crippen LogP contribution in [0.4, 0.5) is 5.13 Å². The van der Waals surface area contributed by atoms with Crippen LogP contribution in [-0.4, -0.2) is 26.5 Å². The van der Waals surface area contributed by atoms with Gasteiger partial charge in [0.15, 0.2) is 5.13 Å². The number of carboxylic acid groups (broad SMARTS) is 1. The third-order valence-electron chi connectivity index (χ3n) is 2.88. The van der Waals surface area contributed by atoms with Gasteiger partial charge in [0.1, 0.15) is 12.2 Å². The van der Waals surface area contributed by atoms with E-state index in [9.17, 15) is 9.59 Å². The van der Waals surface area contributed by atoms with Gasteiger partial charge >= 0.3 is 5.97 Å². The maximum absolute atomic E-state index is 12.0. The Hall–Kier alpha value is -2.15. The Labute approximate surface area is 126 Å². The molecule has 2 aromatic rings. The van der Waals surface area contributed by atoms with E-state index < -0.39 is 5.97 Å². The SMILES string of the molecule is CC(C)(C)c1csc(NC(=O)Cn2cccc2C(=O)O)n1. The molecule has 0 radical (unpaired) electrons. The first-order valence-electron chi connectivity index (χ1n) is 6.41. The number of thiazole rings is 1. The van der Waals surface area contributed by atoms with Gasteiger partial charge < -0.3 is 15.0 Å². The Bertz CT molecular complexity index is 667. The molecule has 0 aliphatic carbocycles. The van der Waals surface area contributed by atoms with Gasteiger partial charge in [0, 0.05) is 17.0 Å². The lowest BCUT2D eigenvalue weighted by Gasteiger charge is -2.14. The van der Waals surface area contributed by atoms with E-state index in [1.807, 2.05) is 26.2 Å². The Balaban J connectivity index is 2.03. The van der Waals surface area contributed by atoms with Gasteiger partial charge in [-0.2, -0.15) is 0 Å². The predicted octanol–water partition coefficient (Wildman–Crippen LogP) is 2.58. The average molecular weight is 307 g/mol. The average Bonchev–Trinajstić information content (AvgIpc) is 2.96. The van der Waals surface area contributed by atoms with Crippen molar-refractivity contribution in [2.75, 3.05) is 5.32 Å². The molecule has 6 nitrogen and oxygen atoms in total. The van der Waals surface area contributed by atoms with Gasteiger partial charge in [0.05, 0.1) is 5.69 Å². The molecule has 2 N–H and O–H groups in total. The fourth-order valence-corrected chi connectivity index (χ4v) is 2.69. The second-order valence-corrected chi connectivity index (χ2v) is 6.52. The molecule has 0 atom stereocenters. The number of nitrogens with zero attached hydrogens (tertiary/aromatic N) is 2. The summed E-state index contributed by atoms with van der Waals surface area (Å²) in [4.78, 5) is 27.3. The van der Waals surface area contributed by atoms with Crippen LogP contribution in [0.5, 0.6) is 0 Å². The molecule has 2 heterocycles. The molecular weight excluding hydrogens is 290 g/mol. The lowest BCUT2D eigenvalue weighted by molar-refractivity contribution is -0.116. The number of aromatic carboxylic acids is 1. The number of carbonyl (C=O) groups excluding carboxylic acids is 1. The number of aromatic nitrogens is 2. The van der Waals surface area contributed by atoms with E-state index in [1.165, 1.54) is 22.0 Å². The van der Waals surface area contributed by atoms with Crippen LogP contribution in [0.15, 0.2) is 23.7 Å². The summed E-state index contributed by atoms with van der Waals surface area (Å²) in [7, 11) is 0. The molecule has 0 saturated heterocycles. The lowest BCUT2D eigenvalue weighted by Crippen LogP contribution is -2.21. The van der Waals surface area contributed by atoms with Crippen molar-refractivity contribution < 1.29 is 14.7 Å². The van der Waals surface area contributed by atoms with E-state index in [1.54, 1.807) is 12.3 Å². The molecule has 0 saturated carbocycles. The summed E-state index contributed by atoms with van der Waals surface area (Å²) in [6, 6.07) is 3.05. The first-order valence-corrected chi connectivity index (χ1v) is 7.29. The quantitative estimate of drug-likeness (QED) is 0.909. The Morgan fingerprint density at radius 3 is 2.71 bits per heavy atom. The Morgan fingerprint density at radius 1 is 1.43 bits per heavy atom. The lowest BCUT2D eigenvalue weighted by atomic mass is 9.93. The van der Waals surface area contributed by atoms with Crippen LogP contribution in [0, 0.1) is 0 Å². The van der Waals surface area contributed by atoms with Gasteiger partial charge in [-0.05, 0) is 12.1 Å². The largest absolute Gasteiger partial charge is 0.477 e. The molecule has 21 heavy (non-hydrogen) atoms. The molecule has 2 aromatic heterocycles. The zero-order chi connectivity index (χ0) is 15.6. The molecule has 0 aliphatic rings. The molecule has 0 aliphatic heterocycles. The van der Waals surface area contributed by atoms with Crippen LogP contribution in [0.1, 0.15) is 37.0 Å². The van der Waals surface area contributed by atoms with Crippen molar-refractivity contribution in [1.29, 1.82) is 0 Å². The monoisotopic (exact) mass is 307 g/mol. The smallest absolute Gasteiger partial charge is 0.352 e. The van der Waals surface area contributed by atoms with Crippen LogP contribution >= 0.6 is 11.3 Å². The van der Waals surface area contributed by atoms with E-state index in [4.69, 9.17) is 5.11 Å². The molecule has 0 bridgehead atoms. The number of carbonyl (C=O) groups is 2. The van der Waals surface area contributed by atoms with Crippen molar-refractivity contribution >= 4 is 28.3 Å². The first-order chi connectivity index (χ1) is 9.77. The zero-order valence-corrected chi connectivity index (χ0v) is 12.9. The van der Waals surface area contributed by atoms with E-state index >= 15 is 0 Å². The van der Waals surface area contributed by atoms with Gasteiger partial charge in [-0.25, -0.2) is 9.78 Å². The van der Waals surface area contributed by atoms with Gasteiger partial charge in [-0.15, -0.1) is 11.3 Å². The van der Waals surface area contributed by atoms with Crippen molar-refractivity contribution in [3.63, 3.8) is 0 Å². The second kappa shape index (κ2) is 5.69. The maximum atomic E-state index is 12.0. The summed E-state index contributed by atoms with van der Waals surface area (Å²) in [6.07, 6.45) is 1.56. The van der Waals surface area contributed by atoms with Crippen LogP contribution in [0.3, 0.4) is 0 Å². The highest BCUT2D eigenvalue weighted by molar-refractivity contribution is 7.13. The topological polar surface area (TPSA) is 84.2 Å². The van der Waals surface area contributed by atoms with Crippen LogP contribution in [0.25, 0.3) is 0 Å². The van der Waals surface area contributed by atoms with Crippen LogP contribution < -0.4 is 5.32 Å². The number of hydrogen-bond donors (Lipinski definition) is 2. The first kappa shape index (κ1) is 15.2. The maximum Gasteiger partial charge on any atom is 0.352 e. The summed E-state index contributed by atoms with van der Waals surface area (Å²) in [6.45, 7) is 6.09. The standard InChI is InChI=1S/C14H17N3O3S/c1-14(2,3)10-8-21-13(15-10)16-11(18)7-17-6-4-5-9(17)12(19)20/h4-6,8H,7H2,1-3H3,(H,19,20)(H,15,16,18). The van der Waals surface area contributed by atoms with E-state index in [0.29, 0.717) is 5.13 Å². The highest BCUT2D eigenvalue weighted by Gasteiger charge is 2.18. The molecule has 0 aromatic carbocycles. The highest BCUT2D eigenvalue weighted by atomic mass is 32.1. The van der Waals surface area contributed by atoms with Gasteiger partial charge in [-0.1, -0.05) is 20.8 Å². The second-order valence-electron chi connectivity index (χ2n) is 5.66. The summed E-state index contributed by atoms with van der Waals surface area (Å²) in [5.74, 6) is -1.36. The van der Waals surface area contributed by atoms with E-state index in [-0.39, 0.29) is 23.6 Å². The van der Waals surface area contributed by atoms with Gasteiger partial charge in [-0.3, -0.25) is 4.79 Å². The zero-order valence-electron chi connectivity index (χ0n) is 12.1. The molecular formula is C14H17N3O3S. The highest BCUT2D eigenvalue weighted by Crippen LogP contribution is 2.26. The summed E-state index contributed by atoms with van der Waals surface area (Å²) >= 11 is 1.36. The molecule has 1 amide bonds. The fraction of sp³-hybridized carbons (Fsp3) is 0.357. The molecule has 2 rings (SSSR count). The summed E-state index contributed by atoms with van der Waals surface area (Å²) < 4.78 is 1.38. The Kier molecular flexibility index (Phi) is 4.13. The van der Waals surface area contributed by atoms with Crippen LogP contribution in [0.2, 0.25) is 0 Å². The third kappa shape index (κ3) is 3.69. The molecule has 0 fully saturated rings. The molecule has 0 spiro atoms. The number of amides is 1. The normalized spacial score (nSPS) is 11.4. The number of nitrogens with one attached hydrogen (secondary N) is 1. The third-order valence-corrected chi connectivity index (χ3v) is 3.64.